The molecule has 0 radical (unpaired) electrons. The maximum Gasteiger partial charge on any atom is 0.341 e. The van der Waals surface area contributed by atoms with Gasteiger partial charge in [0, 0.05) is 51.2 Å². The van der Waals surface area contributed by atoms with Crippen molar-refractivity contribution in [3.63, 3.8) is 0 Å². The van der Waals surface area contributed by atoms with E-state index in [-0.39, 0.29) is 36.4 Å². The molecule has 13 nitrogen and oxygen atoms in total. The average molecular weight is 908 g/mol. The van der Waals surface area contributed by atoms with Gasteiger partial charge in [-0.05, 0) is 93.1 Å². The maximum atomic E-state index is 12.7. The van der Waals surface area contributed by atoms with Gasteiger partial charge in [-0.1, -0.05) is 74.3 Å². The molecule has 0 aliphatic heterocycles. The summed E-state index contributed by atoms with van der Waals surface area (Å²) in [7, 11) is 0. The number of aromatic hydroxyl groups is 1. The van der Waals surface area contributed by atoms with Gasteiger partial charge in [0.25, 0.3) is 0 Å². The molecule has 64 heavy (non-hydrogen) atoms. The van der Waals surface area contributed by atoms with E-state index in [1.807, 2.05) is 26.8 Å². The molecule has 334 valence electrons. The van der Waals surface area contributed by atoms with E-state index in [2.05, 4.69) is 55.2 Å². The minimum atomic E-state index is -1.07. The molecule has 0 unspecified atom stereocenters. The van der Waals surface area contributed by atoms with Crippen LogP contribution in [-0.2, 0) is 28.9 Å². The number of ether oxygens (including phenoxy) is 2. The molecule has 7 rings (SSSR count). The summed E-state index contributed by atoms with van der Waals surface area (Å²) in [6.07, 6.45) is 2.15. The number of phenols is 1. The van der Waals surface area contributed by atoms with Crippen LogP contribution in [-0.4, -0.2) is 61.4 Å². The lowest BCUT2D eigenvalue weighted by Gasteiger charge is -2.09. The number of carboxylic acids is 2. The van der Waals surface area contributed by atoms with Crippen molar-refractivity contribution < 1.29 is 48.1 Å². The van der Waals surface area contributed by atoms with E-state index in [1.165, 1.54) is 16.5 Å². The number of aryl methyl sites for hydroxylation is 6. The minimum Gasteiger partial charge on any atom is -0.507 e. The topological polar surface area (TPSA) is 195 Å². The Hall–Kier alpha value is -6.51. The van der Waals surface area contributed by atoms with Crippen LogP contribution in [0.2, 0.25) is 5.02 Å². The fourth-order valence-corrected chi connectivity index (χ4v) is 8.33. The summed E-state index contributed by atoms with van der Waals surface area (Å²) in [4.78, 5) is 44.9. The Balaban J connectivity index is 0.000000213. The molecule has 0 atom stereocenters. The number of oxazole rings is 1. The first-order valence-electron chi connectivity index (χ1n) is 20.7. The number of carboxylic acid groups (broad SMARTS) is 2. The largest absolute Gasteiger partial charge is 0.507 e. The van der Waals surface area contributed by atoms with Gasteiger partial charge in [-0.25, -0.2) is 19.6 Å². The van der Waals surface area contributed by atoms with E-state index >= 15 is 0 Å². The van der Waals surface area contributed by atoms with E-state index in [0.29, 0.717) is 62.6 Å². The number of nitrogens with zero attached hydrogens (tertiary/aromatic N) is 3. The zero-order chi connectivity index (χ0) is 46.2. The Labute approximate surface area is 379 Å². The molecule has 0 amide bonds. The molecule has 4 aromatic carbocycles. The molecule has 0 saturated heterocycles. The lowest BCUT2D eigenvalue weighted by Crippen LogP contribution is -2.10. The van der Waals surface area contributed by atoms with Crippen LogP contribution in [0.4, 0.5) is 0 Å². The molecular formula is C49H50ClN3O10S. The van der Waals surface area contributed by atoms with Gasteiger partial charge in [-0.15, -0.1) is 11.3 Å². The second-order valence-corrected chi connectivity index (χ2v) is 17.5. The molecule has 0 bridgehead atoms. The highest BCUT2D eigenvalue weighted by atomic mass is 35.5. The van der Waals surface area contributed by atoms with Gasteiger partial charge < -0.3 is 33.7 Å². The van der Waals surface area contributed by atoms with Crippen LogP contribution in [0, 0.1) is 20.8 Å². The number of fused-ring (bicyclic) bond motifs is 1. The van der Waals surface area contributed by atoms with Crippen LogP contribution < -0.4 is 9.47 Å². The second kappa shape index (κ2) is 20.8. The zero-order valence-electron chi connectivity index (χ0n) is 36.7. The van der Waals surface area contributed by atoms with Crippen molar-refractivity contribution in [2.75, 3.05) is 13.2 Å². The van der Waals surface area contributed by atoms with E-state index in [4.69, 9.17) is 45.2 Å². The molecule has 15 heteroatoms. The highest BCUT2D eigenvalue weighted by molar-refractivity contribution is 7.15. The van der Waals surface area contributed by atoms with Gasteiger partial charge in [0.1, 0.15) is 28.0 Å². The van der Waals surface area contributed by atoms with Crippen LogP contribution in [0.1, 0.15) is 101 Å². The first-order valence-corrected chi connectivity index (χ1v) is 21.9. The highest BCUT2D eigenvalue weighted by Gasteiger charge is 2.22. The minimum absolute atomic E-state index is 0.0302. The molecule has 3 N–H and O–H groups in total. The number of carbonyl (C=O) groups is 3. The Bertz CT molecular complexity index is 2790. The number of benzene rings is 4. The Morgan fingerprint density at radius 2 is 1.45 bits per heavy atom. The third-order valence-electron chi connectivity index (χ3n) is 10.2. The first kappa shape index (κ1) is 47.0. The van der Waals surface area contributed by atoms with E-state index in [0.717, 1.165) is 45.8 Å². The normalized spacial score (nSPS) is 11.2. The molecule has 0 aliphatic rings. The summed E-state index contributed by atoms with van der Waals surface area (Å²) >= 11 is 7.65. The SMILES string of the molecule is Cc1cc(C(=O)CCc2nc(-c3ccc(Cl)cc3O)oc2C(C)C)ccc1OCC(=O)O.Cc1ccc(-c2nc(C(C)C)c(CCc3noc4cc(OCC(=O)O)c(C)cc34)s2)cc1. The van der Waals surface area contributed by atoms with Crippen LogP contribution in [0.3, 0.4) is 0 Å². The van der Waals surface area contributed by atoms with Crippen molar-refractivity contribution in [3.8, 4) is 39.3 Å². The number of hydrogen-bond acceptors (Lipinski definition) is 12. The number of phenolic OH excluding ortho intramolecular Hbond substituents is 1. The smallest absolute Gasteiger partial charge is 0.341 e. The molecule has 0 aliphatic carbocycles. The second-order valence-electron chi connectivity index (χ2n) is 16.0. The van der Waals surface area contributed by atoms with Crippen LogP contribution >= 0.6 is 22.9 Å². The van der Waals surface area contributed by atoms with Gasteiger partial charge in [-0.2, -0.15) is 0 Å². The van der Waals surface area contributed by atoms with E-state index < -0.39 is 18.5 Å². The molecule has 7 aromatic rings. The van der Waals surface area contributed by atoms with Crippen molar-refractivity contribution in [3.05, 3.63) is 128 Å². The number of Topliss-reactive ketones (excluding diaryl/α,β-unsaturated/α-hetero) is 1. The lowest BCUT2D eigenvalue weighted by molar-refractivity contribution is -0.140. The maximum absolute atomic E-state index is 12.7. The average Bonchev–Trinajstić information content (AvgIpc) is 3.98. The highest BCUT2D eigenvalue weighted by Crippen LogP contribution is 2.36. The number of thiazole rings is 1. The molecule has 3 heterocycles. The Kier molecular flexibility index (Phi) is 15.3. The van der Waals surface area contributed by atoms with E-state index in [9.17, 15) is 19.5 Å². The third kappa shape index (κ3) is 11.7. The van der Waals surface area contributed by atoms with Crippen LogP contribution in [0.5, 0.6) is 17.2 Å². The summed E-state index contributed by atoms with van der Waals surface area (Å²) in [5.74, 6) is 0.0580. The summed E-state index contributed by atoms with van der Waals surface area (Å²) in [6.45, 7) is 13.2. The van der Waals surface area contributed by atoms with Crippen molar-refractivity contribution in [1.82, 2.24) is 15.1 Å². The predicted octanol–water partition coefficient (Wildman–Crippen LogP) is 11.4. The van der Waals surface area contributed by atoms with Crippen molar-refractivity contribution >= 4 is 51.6 Å². The summed E-state index contributed by atoms with van der Waals surface area (Å²) in [6, 6.07) is 21.8. The lowest BCUT2D eigenvalue weighted by atomic mass is 10.0. The van der Waals surface area contributed by atoms with Crippen LogP contribution in [0.15, 0.2) is 81.7 Å². The van der Waals surface area contributed by atoms with Gasteiger partial charge in [0.15, 0.2) is 24.6 Å². The van der Waals surface area contributed by atoms with Crippen molar-refractivity contribution in [2.45, 2.75) is 86.0 Å². The van der Waals surface area contributed by atoms with Gasteiger partial charge in [0.05, 0.1) is 22.6 Å². The zero-order valence-corrected chi connectivity index (χ0v) is 38.2. The number of aromatic nitrogens is 3. The number of aliphatic carboxylic acids is 2. The summed E-state index contributed by atoms with van der Waals surface area (Å²) < 4.78 is 22.0. The third-order valence-corrected chi connectivity index (χ3v) is 11.6. The number of halogens is 1. The van der Waals surface area contributed by atoms with Gasteiger partial charge in [-0.3, -0.25) is 4.79 Å². The number of carbonyl (C=O) groups excluding carboxylic acids is 1. The monoisotopic (exact) mass is 907 g/mol. The van der Waals surface area contributed by atoms with Crippen LogP contribution in [0.25, 0.3) is 33.0 Å². The van der Waals surface area contributed by atoms with Crippen molar-refractivity contribution in [1.29, 1.82) is 0 Å². The standard InChI is InChI=1S/C25H26N2O4S.C24H24ClNO6/c1-14(2)24-22(32-25(26-24)17-7-5-15(3)6-8-17)10-9-19-18-11-16(4)20(30-13-23(28)29)12-21(18)31-27-19;1-13(2)23-18(26-24(32-23)17-6-5-16(25)11-20(17)28)7-8-19(27)15-4-9-21(14(3)10-15)31-12-22(29)30/h5-8,11-12,14H,9-10,13H2,1-4H3,(H,28,29);4-6,9-11,13,28H,7-8,12H2,1-3H3,(H,29,30). The van der Waals surface area contributed by atoms with E-state index in [1.54, 1.807) is 54.7 Å². The number of ketones is 1. The molecular weight excluding hydrogens is 858 g/mol. The molecule has 0 saturated carbocycles. The fraction of sp³-hybridized carbons (Fsp3) is 0.306. The van der Waals surface area contributed by atoms with Crippen molar-refractivity contribution in [2.24, 2.45) is 0 Å². The Morgan fingerprint density at radius 1 is 0.766 bits per heavy atom. The molecule has 0 fully saturated rings. The molecule has 3 aromatic heterocycles. The number of hydrogen-bond donors (Lipinski definition) is 3. The number of rotatable bonds is 17. The predicted molar refractivity (Wildman–Crippen MR) is 245 cm³/mol. The fourth-order valence-electron chi connectivity index (χ4n) is 6.94. The summed E-state index contributed by atoms with van der Waals surface area (Å²) in [5, 5.41) is 34.4. The molecule has 0 spiro atoms. The quantitative estimate of drug-likeness (QED) is 0.0731. The first-order chi connectivity index (χ1) is 30.5. The van der Waals surface area contributed by atoms with Gasteiger partial charge in [0.2, 0.25) is 5.89 Å². The summed E-state index contributed by atoms with van der Waals surface area (Å²) in [5.41, 5.74) is 8.14. The van der Waals surface area contributed by atoms with Gasteiger partial charge >= 0.3 is 11.9 Å². The Morgan fingerprint density at radius 3 is 2.09 bits per heavy atom.